The Bertz CT molecular complexity index is 756. The molecular formula is C20H26BNO4. The van der Waals surface area contributed by atoms with Gasteiger partial charge in [0.1, 0.15) is 6.23 Å². The van der Waals surface area contributed by atoms with Gasteiger partial charge in [0.2, 0.25) is 5.91 Å². The maximum Gasteiger partial charge on any atom is 0.635 e. The van der Waals surface area contributed by atoms with Crippen LogP contribution in [0.5, 0.6) is 0 Å². The van der Waals surface area contributed by atoms with E-state index in [1.54, 1.807) is 0 Å². The van der Waals surface area contributed by atoms with E-state index in [2.05, 4.69) is 5.32 Å². The fraction of sp³-hybridized carbons (Fsp3) is 0.350. The third-order valence-electron chi connectivity index (χ3n) is 4.49. The maximum atomic E-state index is 12.5. The quantitative estimate of drug-likeness (QED) is 0.525. The molecule has 0 aliphatic carbocycles. The molecule has 0 aliphatic rings. The van der Waals surface area contributed by atoms with Crippen LogP contribution in [0.4, 0.5) is 0 Å². The summed E-state index contributed by atoms with van der Waals surface area (Å²) in [6.45, 7) is 7.93. The molecule has 1 amide bonds. The lowest BCUT2D eigenvalue weighted by Crippen LogP contribution is -2.43. The minimum absolute atomic E-state index is 0.215. The Morgan fingerprint density at radius 3 is 2.31 bits per heavy atom. The van der Waals surface area contributed by atoms with Gasteiger partial charge < -0.3 is 20.0 Å². The van der Waals surface area contributed by atoms with Crippen molar-refractivity contribution < 1.29 is 19.5 Å². The van der Waals surface area contributed by atoms with Crippen molar-refractivity contribution in [3.63, 3.8) is 0 Å². The second kappa shape index (κ2) is 8.99. The van der Waals surface area contributed by atoms with Crippen LogP contribution in [-0.2, 0) is 22.3 Å². The number of carbonyl (C=O) groups is 1. The molecular weight excluding hydrogens is 329 g/mol. The van der Waals surface area contributed by atoms with E-state index in [9.17, 15) is 14.8 Å². The molecule has 0 fully saturated rings. The van der Waals surface area contributed by atoms with Gasteiger partial charge in [0, 0.05) is 6.42 Å². The smallest absolute Gasteiger partial charge is 0.402 e. The van der Waals surface area contributed by atoms with E-state index in [1.165, 1.54) is 0 Å². The van der Waals surface area contributed by atoms with Gasteiger partial charge in [0.25, 0.3) is 0 Å². The zero-order valence-electron chi connectivity index (χ0n) is 15.7. The summed E-state index contributed by atoms with van der Waals surface area (Å²) in [5.41, 5.74) is 6.26. The summed E-state index contributed by atoms with van der Waals surface area (Å²) < 4.78 is 5.09. The lowest BCUT2D eigenvalue weighted by Gasteiger charge is -2.21. The second-order valence-corrected chi connectivity index (χ2v) is 6.70. The second-order valence-electron chi connectivity index (χ2n) is 6.70. The van der Waals surface area contributed by atoms with Crippen LogP contribution in [0, 0.1) is 27.7 Å². The molecule has 1 atom stereocenters. The number of rotatable bonds is 7. The van der Waals surface area contributed by atoms with Crippen LogP contribution >= 0.6 is 0 Å². The summed E-state index contributed by atoms with van der Waals surface area (Å²) in [4.78, 5) is 12.5. The van der Waals surface area contributed by atoms with Crippen molar-refractivity contribution in [1.29, 1.82) is 0 Å². The van der Waals surface area contributed by atoms with Crippen LogP contribution in [0.25, 0.3) is 0 Å². The normalized spacial score (nSPS) is 11.9. The van der Waals surface area contributed by atoms with Crippen LogP contribution in [0.15, 0.2) is 36.4 Å². The van der Waals surface area contributed by atoms with Gasteiger partial charge in [0.15, 0.2) is 0 Å². The van der Waals surface area contributed by atoms with Crippen molar-refractivity contribution in [3.8, 4) is 0 Å². The summed E-state index contributed by atoms with van der Waals surface area (Å²) in [5, 5.41) is 21.1. The lowest BCUT2D eigenvalue weighted by molar-refractivity contribution is -0.123. The Balaban J connectivity index is 2.10. The molecule has 5 nitrogen and oxygen atoms in total. The van der Waals surface area contributed by atoms with E-state index in [0.29, 0.717) is 6.42 Å². The monoisotopic (exact) mass is 355 g/mol. The first-order valence-corrected chi connectivity index (χ1v) is 8.68. The Morgan fingerprint density at radius 1 is 1.08 bits per heavy atom. The van der Waals surface area contributed by atoms with Gasteiger partial charge in [-0.05, 0) is 55.5 Å². The fourth-order valence-corrected chi connectivity index (χ4v) is 3.07. The van der Waals surface area contributed by atoms with Crippen LogP contribution < -0.4 is 5.32 Å². The minimum atomic E-state index is -1.95. The molecule has 0 saturated heterocycles. The van der Waals surface area contributed by atoms with Gasteiger partial charge in [-0.2, -0.15) is 0 Å². The zero-order chi connectivity index (χ0) is 19.3. The summed E-state index contributed by atoms with van der Waals surface area (Å²) in [6.07, 6.45) is -0.261. The molecule has 0 bridgehead atoms. The number of benzene rings is 2. The predicted octanol–water partition coefficient (Wildman–Crippen LogP) is 2.13. The van der Waals surface area contributed by atoms with E-state index >= 15 is 0 Å². The van der Waals surface area contributed by atoms with Crippen LogP contribution in [0.3, 0.4) is 0 Å². The third kappa shape index (κ3) is 5.69. The summed E-state index contributed by atoms with van der Waals surface area (Å²) in [5.74, 6) is -0.224. The minimum Gasteiger partial charge on any atom is -0.402 e. The van der Waals surface area contributed by atoms with E-state index < -0.39 is 13.5 Å². The Morgan fingerprint density at radius 2 is 1.73 bits per heavy atom. The van der Waals surface area contributed by atoms with Crippen LogP contribution in [0.1, 0.15) is 33.4 Å². The molecule has 0 heterocycles. The van der Waals surface area contributed by atoms with E-state index in [0.717, 1.165) is 33.4 Å². The highest BCUT2D eigenvalue weighted by molar-refractivity contribution is 6.32. The van der Waals surface area contributed by atoms with E-state index in [4.69, 9.17) is 4.65 Å². The first-order chi connectivity index (χ1) is 12.3. The summed E-state index contributed by atoms with van der Waals surface area (Å²) in [7, 11) is -1.95. The first-order valence-electron chi connectivity index (χ1n) is 8.68. The highest BCUT2D eigenvalue weighted by atomic mass is 16.6. The molecule has 2 aromatic carbocycles. The van der Waals surface area contributed by atoms with Crippen molar-refractivity contribution in [2.45, 2.75) is 46.8 Å². The molecule has 26 heavy (non-hydrogen) atoms. The average molecular weight is 355 g/mol. The molecule has 0 aromatic heterocycles. The molecule has 138 valence electrons. The number of hydrogen-bond acceptors (Lipinski definition) is 4. The molecule has 3 N–H and O–H groups in total. The summed E-state index contributed by atoms with van der Waals surface area (Å²) in [6, 6.07) is 11.9. The molecule has 0 saturated carbocycles. The average Bonchev–Trinajstić information content (AvgIpc) is 2.53. The Labute approximate surface area is 155 Å². The molecule has 2 aromatic rings. The third-order valence-corrected chi connectivity index (χ3v) is 4.49. The van der Waals surface area contributed by atoms with E-state index in [-0.39, 0.29) is 12.3 Å². The van der Waals surface area contributed by atoms with Gasteiger partial charge >= 0.3 is 7.32 Å². The fourth-order valence-electron chi connectivity index (χ4n) is 3.07. The summed E-state index contributed by atoms with van der Waals surface area (Å²) >= 11 is 0. The highest BCUT2D eigenvalue weighted by Gasteiger charge is 2.21. The predicted molar refractivity (Wildman–Crippen MR) is 102 cm³/mol. The number of hydrogen-bond donors (Lipinski definition) is 3. The molecule has 6 heteroatoms. The molecule has 0 unspecified atom stereocenters. The van der Waals surface area contributed by atoms with Crippen molar-refractivity contribution in [2.24, 2.45) is 0 Å². The van der Waals surface area contributed by atoms with Crippen molar-refractivity contribution in [3.05, 3.63) is 69.8 Å². The standard InChI is InChI=1S/C20H26BNO4/c1-13-8-9-17(16(4)10-13)11-20(26-21(24)25)22-19(23)12-18-14(2)6-5-7-15(18)3/h5-10,20,24-25H,11-12H2,1-4H3,(H,22,23)/t20-/m1/s1. The topological polar surface area (TPSA) is 78.8 Å². The Kier molecular flexibility index (Phi) is 6.97. The number of carbonyl (C=O) groups excluding carboxylic acids is 1. The lowest BCUT2D eigenvalue weighted by atomic mass is 9.99. The van der Waals surface area contributed by atoms with Crippen LogP contribution in [0.2, 0.25) is 0 Å². The van der Waals surface area contributed by atoms with Crippen molar-refractivity contribution >= 4 is 13.2 Å². The van der Waals surface area contributed by atoms with Gasteiger partial charge in [-0.3, -0.25) is 4.79 Å². The van der Waals surface area contributed by atoms with E-state index in [1.807, 2.05) is 64.1 Å². The number of amides is 1. The largest absolute Gasteiger partial charge is 0.635 e. The molecule has 0 aliphatic heterocycles. The maximum absolute atomic E-state index is 12.5. The Hall–Kier alpha value is -2.15. The van der Waals surface area contributed by atoms with Crippen molar-refractivity contribution in [1.82, 2.24) is 5.32 Å². The highest BCUT2D eigenvalue weighted by Crippen LogP contribution is 2.16. The van der Waals surface area contributed by atoms with Gasteiger partial charge in [-0.15, -0.1) is 0 Å². The van der Waals surface area contributed by atoms with Gasteiger partial charge in [-0.25, -0.2) is 0 Å². The van der Waals surface area contributed by atoms with Crippen LogP contribution in [-0.4, -0.2) is 29.5 Å². The zero-order valence-corrected chi connectivity index (χ0v) is 15.7. The number of aryl methyl sites for hydroxylation is 4. The molecule has 0 radical (unpaired) electrons. The SMILES string of the molecule is Cc1ccc(C[C@H](NC(=O)Cc2c(C)cccc2C)OB(O)O)c(C)c1. The van der Waals surface area contributed by atoms with Gasteiger partial charge in [-0.1, -0.05) is 42.0 Å². The molecule has 2 rings (SSSR count). The number of nitrogens with one attached hydrogen (secondary N) is 1. The first kappa shape index (κ1) is 20.2. The van der Waals surface area contributed by atoms with Crippen molar-refractivity contribution in [2.75, 3.05) is 0 Å². The van der Waals surface area contributed by atoms with Gasteiger partial charge in [0.05, 0.1) is 6.42 Å². The molecule has 0 spiro atoms.